The number of nitro groups is 1. The zero-order chi connectivity index (χ0) is 17.8. The van der Waals surface area contributed by atoms with Crippen LogP contribution in [-0.2, 0) is 4.79 Å². The van der Waals surface area contributed by atoms with Crippen molar-refractivity contribution in [3.63, 3.8) is 0 Å². The number of amides is 1. The maximum atomic E-state index is 12.2. The predicted molar refractivity (Wildman–Crippen MR) is 90.8 cm³/mol. The van der Waals surface area contributed by atoms with Crippen LogP contribution in [0.4, 0.5) is 5.69 Å². The number of nitrogens with zero attached hydrogens (tertiary/aromatic N) is 1. The van der Waals surface area contributed by atoms with Gasteiger partial charge in [-0.1, -0.05) is 18.2 Å². The van der Waals surface area contributed by atoms with Crippen LogP contribution >= 0.6 is 0 Å². The summed E-state index contributed by atoms with van der Waals surface area (Å²) in [7, 11) is 0. The van der Waals surface area contributed by atoms with Gasteiger partial charge in [0, 0.05) is 23.6 Å². The Balaban J connectivity index is 1.59. The van der Waals surface area contributed by atoms with E-state index in [-0.39, 0.29) is 24.2 Å². The molecule has 3 rings (SSSR count). The van der Waals surface area contributed by atoms with E-state index < -0.39 is 4.92 Å². The molecule has 0 aliphatic carbocycles. The van der Waals surface area contributed by atoms with E-state index in [9.17, 15) is 14.9 Å². The number of nitrogens with one attached hydrogen (secondary N) is 1. The first kappa shape index (κ1) is 16.8. The fourth-order valence-electron chi connectivity index (χ4n) is 2.80. The second-order valence-electron chi connectivity index (χ2n) is 5.79. The molecule has 0 spiro atoms. The molecular weight excluding hydrogens is 324 g/mol. The summed E-state index contributed by atoms with van der Waals surface area (Å²) in [4.78, 5) is 22.5. The molecule has 0 fully saturated rings. The molecule has 7 nitrogen and oxygen atoms in total. The first-order chi connectivity index (χ1) is 12.0. The zero-order valence-electron chi connectivity index (χ0n) is 13.7. The zero-order valence-corrected chi connectivity index (χ0v) is 13.7. The van der Waals surface area contributed by atoms with Gasteiger partial charge in [-0.15, -0.1) is 0 Å². The summed E-state index contributed by atoms with van der Waals surface area (Å²) >= 11 is 0. The Kier molecular flexibility index (Phi) is 4.83. The summed E-state index contributed by atoms with van der Waals surface area (Å²) in [6.45, 7) is 2.02. The van der Waals surface area contributed by atoms with Crippen molar-refractivity contribution < 1.29 is 19.2 Å². The molecule has 0 aromatic heterocycles. The Morgan fingerprint density at radius 3 is 2.92 bits per heavy atom. The maximum Gasteiger partial charge on any atom is 0.272 e. The second kappa shape index (κ2) is 7.21. The van der Waals surface area contributed by atoms with E-state index in [1.54, 1.807) is 13.0 Å². The number of aryl methyl sites for hydroxylation is 1. The van der Waals surface area contributed by atoms with Crippen LogP contribution in [0.2, 0.25) is 0 Å². The third-order valence-corrected chi connectivity index (χ3v) is 4.03. The molecule has 1 atom stereocenters. The van der Waals surface area contributed by atoms with Crippen molar-refractivity contribution in [3.8, 4) is 11.5 Å². The molecule has 130 valence electrons. The van der Waals surface area contributed by atoms with Crippen LogP contribution in [0.5, 0.6) is 11.5 Å². The Labute approximate surface area is 144 Å². The number of hydrogen-bond acceptors (Lipinski definition) is 5. The molecular formula is C18H18N2O5. The second-order valence-corrected chi connectivity index (χ2v) is 5.79. The van der Waals surface area contributed by atoms with Gasteiger partial charge in [-0.05, 0) is 25.1 Å². The Hall–Kier alpha value is -3.09. The van der Waals surface area contributed by atoms with Crippen molar-refractivity contribution in [2.24, 2.45) is 0 Å². The fourth-order valence-corrected chi connectivity index (χ4v) is 2.80. The molecule has 0 saturated carbocycles. The van der Waals surface area contributed by atoms with Crippen LogP contribution in [0.15, 0.2) is 42.5 Å². The molecule has 1 amide bonds. The minimum absolute atomic E-state index is 0.0237. The molecule has 0 radical (unpaired) electrons. The Morgan fingerprint density at radius 2 is 2.16 bits per heavy atom. The van der Waals surface area contributed by atoms with Gasteiger partial charge in [-0.25, -0.2) is 0 Å². The van der Waals surface area contributed by atoms with Crippen molar-refractivity contribution in [1.82, 2.24) is 5.32 Å². The van der Waals surface area contributed by atoms with E-state index in [2.05, 4.69) is 5.32 Å². The molecule has 1 aliphatic heterocycles. The number of nitro benzene ring substituents is 1. The predicted octanol–water partition coefficient (Wildman–Crippen LogP) is 2.92. The van der Waals surface area contributed by atoms with E-state index in [0.29, 0.717) is 24.3 Å². The molecule has 7 heteroatoms. The topological polar surface area (TPSA) is 90.7 Å². The maximum absolute atomic E-state index is 12.2. The summed E-state index contributed by atoms with van der Waals surface area (Å²) in [5.41, 5.74) is 1.46. The summed E-state index contributed by atoms with van der Waals surface area (Å²) in [5.74, 6) is 0.953. The highest BCUT2D eigenvalue weighted by molar-refractivity contribution is 5.78. The van der Waals surface area contributed by atoms with E-state index in [0.717, 1.165) is 11.3 Å². The van der Waals surface area contributed by atoms with Gasteiger partial charge < -0.3 is 14.8 Å². The fraction of sp³-hybridized carbons (Fsp3) is 0.278. The number of para-hydroxylation sites is 1. The third-order valence-electron chi connectivity index (χ3n) is 4.03. The Morgan fingerprint density at radius 1 is 1.36 bits per heavy atom. The largest absolute Gasteiger partial charge is 0.493 e. The smallest absolute Gasteiger partial charge is 0.272 e. The number of ether oxygens (including phenoxy) is 2. The number of benzene rings is 2. The average Bonchev–Trinajstić information content (AvgIpc) is 2.60. The number of rotatable bonds is 5. The van der Waals surface area contributed by atoms with Gasteiger partial charge in [0.2, 0.25) is 0 Å². The molecule has 2 aromatic rings. The van der Waals surface area contributed by atoms with Crippen LogP contribution < -0.4 is 14.8 Å². The Bertz CT molecular complexity index is 806. The standard InChI is InChI=1S/C18H18N2O5/c1-12-10-13(6-7-16(12)20(22)23)25-11-18(21)19-15-8-9-24-17-5-3-2-4-14(15)17/h2-7,10,15H,8-9,11H2,1H3,(H,19,21)/t15-/m1/s1. The highest BCUT2D eigenvalue weighted by Crippen LogP contribution is 2.31. The first-order valence-corrected chi connectivity index (χ1v) is 7.93. The molecule has 1 N–H and O–H groups in total. The minimum atomic E-state index is -0.450. The lowest BCUT2D eigenvalue weighted by molar-refractivity contribution is -0.385. The highest BCUT2D eigenvalue weighted by atomic mass is 16.6. The van der Waals surface area contributed by atoms with Crippen molar-refractivity contribution >= 4 is 11.6 Å². The van der Waals surface area contributed by atoms with Crippen LogP contribution in [0, 0.1) is 17.0 Å². The number of hydrogen-bond donors (Lipinski definition) is 1. The highest BCUT2D eigenvalue weighted by Gasteiger charge is 2.22. The van der Waals surface area contributed by atoms with E-state index in [1.807, 2.05) is 24.3 Å². The quantitative estimate of drug-likeness (QED) is 0.666. The van der Waals surface area contributed by atoms with Gasteiger partial charge in [0.1, 0.15) is 11.5 Å². The number of carbonyl (C=O) groups excluding carboxylic acids is 1. The van der Waals surface area contributed by atoms with E-state index in [4.69, 9.17) is 9.47 Å². The van der Waals surface area contributed by atoms with Crippen molar-refractivity contribution in [2.45, 2.75) is 19.4 Å². The molecule has 0 bridgehead atoms. The van der Waals surface area contributed by atoms with Crippen molar-refractivity contribution in [2.75, 3.05) is 13.2 Å². The van der Waals surface area contributed by atoms with E-state index >= 15 is 0 Å². The van der Waals surface area contributed by atoms with Crippen molar-refractivity contribution in [3.05, 3.63) is 63.7 Å². The van der Waals surface area contributed by atoms with Crippen LogP contribution in [0.25, 0.3) is 0 Å². The molecule has 1 aliphatic rings. The van der Waals surface area contributed by atoms with Gasteiger partial charge in [0.15, 0.2) is 6.61 Å². The van der Waals surface area contributed by atoms with Crippen LogP contribution in [0.1, 0.15) is 23.6 Å². The van der Waals surface area contributed by atoms with E-state index in [1.165, 1.54) is 12.1 Å². The first-order valence-electron chi connectivity index (χ1n) is 7.93. The summed E-state index contributed by atoms with van der Waals surface area (Å²) < 4.78 is 11.0. The number of carbonyl (C=O) groups is 1. The van der Waals surface area contributed by atoms with Crippen LogP contribution in [0.3, 0.4) is 0 Å². The third kappa shape index (κ3) is 3.88. The SMILES string of the molecule is Cc1cc(OCC(=O)N[C@@H]2CCOc3ccccc32)ccc1[N+](=O)[O-]. The monoisotopic (exact) mass is 342 g/mol. The lowest BCUT2D eigenvalue weighted by Crippen LogP contribution is -2.35. The molecule has 1 heterocycles. The lowest BCUT2D eigenvalue weighted by Gasteiger charge is -2.26. The normalized spacial score (nSPS) is 15.6. The summed E-state index contributed by atoms with van der Waals surface area (Å²) in [5, 5.41) is 13.7. The van der Waals surface area contributed by atoms with Gasteiger partial charge in [-0.3, -0.25) is 14.9 Å². The molecule has 0 unspecified atom stereocenters. The van der Waals surface area contributed by atoms with Crippen LogP contribution in [-0.4, -0.2) is 24.0 Å². The summed E-state index contributed by atoms with van der Waals surface area (Å²) in [6.07, 6.45) is 0.694. The lowest BCUT2D eigenvalue weighted by atomic mass is 10.0. The average molecular weight is 342 g/mol. The minimum Gasteiger partial charge on any atom is -0.493 e. The molecule has 0 saturated heterocycles. The van der Waals surface area contributed by atoms with Gasteiger partial charge >= 0.3 is 0 Å². The number of fused-ring (bicyclic) bond motifs is 1. The van der Waals surface area contributed by atoms with Crippen molar-refractivity contribution in [1.29, 1.82) is 0 Å². The summed E-state index contributed by atoms with van der Waals surface area (Å²) in [6, 6.07) is 11.9. The van der Waals surface area contributed by atoms with Gasteiger partial charge in [-0.2, -0.15) is 0 Å². The van der Waals surface area contributed by atoms with Gasteiger partial charge in [0.25, 0.3) is 11.6 Å². The molecule has 25 heavy (non-hydrogen) atoms. The van der Waals surface area contributed by atoms with Gasteiger partial charge in [0.05, 0.1) is 17.6 Å². The molecule has 2 aromatic carbocycles.